The number of nitrogens with zero attached hydrogens (tertiary/aromatic N) is 4. The first kappa shape index (κ1) is 13.2. The van der Waals surface area contributed by atoms with Crippen molar-refractivity contribution in [2.24, 2.45) is 0 Å². The van der Waals surface area contributed by atoms with Gasteiger partial charge in [0.1, 0.15) is 11.6 Å². The molecule has 0 bridgehead atoms. The van der Waals surface area contributed by atoms with E-state index in [1.165, 1.54) is 0 Å². The number of nitrogens with one attached hydrogen (secondary N) is 1. The molecule has 0 aromatic carbocycles. The van der Waals surface area contributed by atoms with Crippen molar-refractivity contribution in [2.45, 2.75) is 13.8 Å². The van der Waals surface area contributed by atoms with Crippen LogP contribution in [-0.4, -0.2) is 61.2 Å². The Kier molecular flexibility index (Phi) is 4.49. The lowest BCUT2D eigenvalue weighted by Gasteiger charge is -2.29. The summed E-state index contributed by atoms with van der Waals surface area (Å²) in [5.74, 6) is 1.87. The molecule has 2 heterocycles. The molecule has 1 aromatic rings. The molecular weight excluding hydrogens is 226 g/mol. The molecule has 5 nitrogen and oxygen atoms in total. The molecule has 1 aliphatic rings. The van der Waals surface area contributed by atoms with Gasteiger partial charge in [0.05, 0.1) is 0 Å². The highest BCUT2D eigenvalue weighted by molar-refractivity contribution is 5.38. The van der Waals surface area contributed by atoms with Gasteiger partial charge in [0.2, 0.25) is 0 Å². The molecule has 0 spiro atoms. The summed E-state index contributed by atoms with van der Waals surface area (Å²) in [6.07, 6.45) is 0. The summed E-state index contributed by atoms with van der Waals surface area (Å²) in [6.45, 7) is 10.6. The van der Waals surface area contributed by atoms with Gasteiger partial charge in [-0.3, -0.25) is 4.90 Å². The average molecular weight is 249 g/mol. The van der Waals surface area contributed by atoms with E-state index in [-0.39, 0.29) is 0 Å². The minimum Gasteiger partial charge on any atom is -0.358 e. The van der Waals surface area contributed by atoms with Crippen molar-refractivity contribution in [3.05, 3.63) is 17.6 Å². The third-order valence-corrected chi connectivity index (χ3v) is 3.30. The number of likely N-dealkylation sites (N-methyl/N-ethyl adjacent to an activating group) is 1. The Bertz CT molecular complexity index is 367. The van der Waals surface area contributed by atoms with Gasteiger partial charge in [0.15, 0.2) is 0 Å². The van der Waals surface area contributed by atoms with Gasteiger partial charge in [-0.15, -0.1) is 0 Å². The highest BCUT2D eigenvalue weighted by Crippen LogP contribution is 2.10. The number of anilines is 1. The first-order valence-electron chi connectivity index (χ1n) is 6.61. The predicted octanol–water partition coefficient (Wildman–Crippen LogP) is 0.435. The van der Waals surface area contributed by atoms with Crippen molar-refractivity contribution in [3.8, 4) is 0 Å². The van der Waals surface area contributed by atoms with Crippen LogP contribution < -0.4 is 10.2 Å². The van der Waals surface area contributed by atoms with E-state index in [1.54, 1.807) is 0 Å². The average Bonchev–Trinajstić information content (AvgIpc) is 2.36. The molecule has 1 N–H and O–H groups in total. The van der Waals surface area contributed by atoms with E-state index in [0.717, 1.165) is 56.6 Å². The summed E-state index contributed by atoms with van der Waals surface area (Å²) in [4.78, 5) is 13.5. The van der Waals surface area contributed by atoms with Crippen molar-refractivity contribution in [2.75, 3.05) is 51.2 Å². The van der Waals surface area contributed by atoms with E-state index >= 15 is 0 Å². The monoisotopic (exact) mass is 249 g/mol. The van der Waals surface area contributed by atoms with Crippen LogP contribution in [0.4, 0.5) is 5.82 Å². The molecule has 1 aromatic heterocycles. The molecule has 1 aliphatic heterocycles. The largest absolute Gasteiger partial charge is 0.358 e. The molecular formula is C13H23N5. The van der Waals surface area contributed by atoms with Gasteiger partial charge < -0.3 is 10.2 Å². The molecule has 2 rings (SSSR count). The second-order valence-electron chi connectivity index (χ2n) is 4.93. The summed E-state index contributed by atoms with van der Waals surface area (Å²) in [6, 6.07) is 2.05. The van der Waals surface area contributed by atoms with Crippen molar-refractivity contribution < 1.29 is 0 Å². The smallest absolute Gasteiger partial charge is 0.132 e. The van der Waals surface area contributed by atoms with E-state index in [4.69, 9.17) is 0 Å². The Labute approximate surface area is 109 Å². The van der Waals surface area contributed by atoms with Gasteiger partial charge in [-0.05, 0) is 13.8 Å². The van der Waals surface area contributed by atoms with Gasteiger partial charge in [-0.1, -0.05) is 0 Å². The second-order valence-corrected chi connectivity index (χ2v) is 4.93. The second kappa shape index (κ2) is 6.11. The van der Waals surface area contributed by atoms with Crippen LogP contribution >= 0.6 is 0 Å². The fraction of sp³-hybridized carbons (Fsp3) is 0.692. The van der Waals surface area contributed by atoms with Crippen LogP contribution in [0, 0.1) is 13.8 Å². The lowest BCUT2D eigenvalue weighted by atomic mass is 10.3. The van der Waals surface area contributed by atoms with Crippen molar-refractivity contribution in [1.82, 2.24) is 20.2 Å². The van der Waals surface area contributed by atoms with Crippen LogP contribution in [0.3, 0.4) is 0 Å². The number of rotatable bonds is 4. The van der Waals surface area contributed by atoms with Crippen molar-refractivity contribution in [1.29, 1.82) is 0 Å². The summed E-state index contributed by atoms with van der Waals surface area (Å²) in [7, 11) is 2.10. The van der Waals surface area contributed by atoms with E-state index < -0.39 is 0 Å². The maximum Gasteiger partial charge on any atom is 0.132 e. The molecule has 0 aliphatic carbocycles. The van der Waals surface area contributed by atoms with E-state index in [1.807, 2.05) is 19.9 Å². The zero-order valence-corrected chi connectivity index (χ0v) is 11.6. The number of hydrogen-bond donors (Lipinski definition) is 1. The number of piperazine rings is 1. The Balaban J connectivity index is 1.88. The fourth-order valence-corrected chi connectivity index (χ4v) is 2.23. The Hall–Kier alpha value is -1.20. The topological polar surface area (TPSA) is 44.3 Å². The van der Waals surface area contributed by atoms with Crippen LogP contribution in [0.25, 0.3) is 0 Å². The van der Waals surface area contributed by atoms with E-state index in [9.17, 15) is 0 Å². The minimum absolute atomic E-state index is 0.846. The number of hydrogen-bond acceptors (Lipinski definition) is 5. The highest BCUT2D eigenvalue weighted by Gasteiger charge is 2.11. The molecule has 100 valence electrons. The molecule has 1 fully saturated rings. The quantitative estimate of drug-likeness (QED) is 0.838. The molecule has 0 atom stereocenters. The molecule has 0 radical (unpaired) electrons. The standard InChI is InChI=1S/C13H23N5/c1-11-10-13(16-12(2)15-11)17(3)8-9-18-6-4-14-5-7-18/h10,14H,4-9H2,1-3H3. The third-order valence-electron chi connectivity index (χ3n) is 3.30. The maximum absolute atomic E-state index is 4.48. The summed E-state index contributed by atoms with van der Waals surface area (Å²) in [5, 5.41) is 3.37. The first-order valence-corrected chi connectivity index (χ1v) is 6.61. The first-order chi connectivity index (χ1) is 8.65. The number of aryl methyl sites for hydroxylation is 2. The Morgan fingerprint density at radius 3 is 2.67 bits per heavy atom. The molecule has 1 saturated heterocycles. The van der Waals surface area contributed by atoms with Gasteiger partial charge in [-0.2, -0.15) is 0 Å². The van der Waals surface area contributed by atoms with Crippen LogP contribution in [0.15, 0.2) is 6.07 Å². The third kappa shape index (κ3) is 3.65. The molecule has 0 amide bonds. The normalized spacial score (nSPS) is 16.8. The van der Waals surface area contributed by atoms with Gasteiger partial charge in [0.25, 0.3) is 0 Å². The fourth-order valence-electron chi connectivity index (χ4n) is 2.23. The molecule has 18 heavy (non-hydrogen) atoms. The summed E-state index contributed by atoms with van der Waals surface area (Å²) in [5.41, 5.74) is 1.03. The predicted molar refractivity (Wildman–Crippen MR) is 74.1 cm³/mol. The van der Waals surface area contributed by atoms with Crippen molar-refractivity contribution >= 4 is 5.82 Å². The van der Waals surface area contributed by atoms with Gasteiger partial charge in [0, 0.05) is 58.1 Å². The van der Waals surface area contributed by atoms with Gasteiger partial charge >= 0.3 is 0 Å². The van der Waals surface area contributed by atoms with Crippen LogP contribution in [-0.2, 0) is 0 Å². The van der Waals surface area contributed by atoms with Crippen LogP contribution in [0.5, 0.6) is 0 Å². The van der Waals surface area contributed by atoms with E-state index in [0.29, 0.717) is 0 Å². The lowest BCUT2D eigenvalue weighted by Crippen LogP contribution is -2.46. The highest BCUT2D eigenvalue weighted by atomic mass is 15.2. The van der Waals surface area contributed by atoms with Gasteiger partial charge in [-0.25, -0.2) is 9.97 Å². The summed E-state index contributed by atoms with van der Waals surface area (Å²) < 4.78 is 0. The molecule has 0 unspecified atom stereocenters. The Morgan fingerprint density at radius 1 is 1.28 bits per heavy atom. The number of aromatic nitrogens is 2. The molecule has 0 saturated carbocycles. The van der Waals surface area contributed by atoms with Crippen molar-refractivity contribution in [3.63, 3.8) is 0 Å². The SMILES string of the molecule is Cc1cc(N(C)CCN2CCNCC2)nc(C)n1. The lowest BCUT2D eigenvalue weighted by molar-refractivity contribution is 0.246. The minimum atomic E-state index is 0.846. The van der Waals surface area contributed by atoms with Crippen LogP contribution in [0.1, 0.15) is 11.5 Å². The zero-order valence-electron chi connectivity index (χ0n) is 11.6. The Morgan fingerprint density at radius 2 is 2.00 bits per heavy atom. The maximum atomic E-state index is 4.48. The van der Waals surface area contributed by atoms with E-state index in [2.05, 4.69) is 32.1 Å². The van der Waals surface area contributed by atoms with Crippen LogP contribution in [0.2, 0.25) is 0 Å². The molecule has 5 heteroatoms. The zero-order chi connectivity index (χ0) is 13.0. The summed E-state index contributed by atoms with van der Waals surface area (Å²) >= 11 is 0.